The molecule has 1 aliphatic heterocycles. The minimum absolute atomic E-state index is 0.227. The average molecular weight is 365 g/mol. The van der Waals surface area contributed by atoms with Gasteiger partial charge in [-0.2, -0.15) is 9.81 Å². The third-order valence-electron chi connectivity index (χ3n) is 3.69. The molecule has 1 aromatic rings. The topological polar surface area (TPSA) is 164 Å². The van der Waals surface area contributed by atoms with Crippen molar-refractivity contribution in [1.82, 2.24) is 0 Å². The number of aliphatic hydroxyl groups excluding tert-OH is 2. The van der Waals surface area contributed by atoms with Gasteiger partial charge in [0.05, 0.1) is 0 Å². The molecule has 138 valence electrons. The van der Waals surface area contributed by atoms with Gasteiger partial charge >= 0.3 is 5.97 Å². The molecule has 1 saturated heterocycles. The summed E-state index contributed by atoms with van der Waals surface area (Å²) in [7, 11) is 0. The highest BCUT2D eigenvalue weighted by molar-refractivity contribution is 5.87. The van der Waals surface area contributed by atoms with Gasteiger partial charge < -0.3 is 19.7 Å². The molecule has 0 amide bonds. The van der Waals surface area contributed by atoms with Crippen LogP contribution in [0, 0.1) is 14.7 Å². The molecule has 0 bridgehead atoms. The van der Waals surface area contributed by atoms with Crippen LogP contribution in [0.2, 0.25) is 0 Å². The summed E-state index contributed by atoms with van der Waals surface area (Å²) in [5.74, 6) is -0.908. The molecular weight excluding hydrogens is 350 g/mol. The first-order valence-electron chi connectivity index (χ1n) is 7.45. The molecule has 5 atom stereocenters. The van der Waals surface area contributed by atoms with Crippen LogP contribution in [0.3, 0.4) is 0 Å². The number of aliphatic hydroxyl groups is 2. The summed E-state index contributed by atoms with van der Waals surface area (Å²) in [5.41, 5.74) is 0.804. The Labute approximate surface area is 146 Å². The molecule has 1 aromatic carbocycles. The highest BCUT2D eigenvalue weighted by atomic mass is 16.7. The van der Waals surface area contributed by atoms with E-state index >= 15 is 0 Å². The summed E-state index contributed by atoms with van der Waals surface area (Å²) < 4.78 is 10.0. The van der Waals surface area contributed by atoms with Crippen LogP contribution in [0.25, 0.3) is 6.08 Å². The Morgan fingerprint density at radius 1 is 1.15 bits per heavy atom. The first-order valence-corrected chi connectivity index (χ1v) is 7.45. The van der Waals surface area contributed by atoms with Crippen LogP contribution in [-0.2, 0) is 14.3 Å². The lowest BCUT2D eigenvalue weighted by Gasteiger charge is -2.37. The molecule has 0 aliphatic carbocycles. The lowest BCUT2D eigenvalue weighted by Crippen LogP contribution is -2.58. The van der Waals surface area contributed by atoms with E-state index in [1.165, 1.54) is 18.2 Å². The molecule has 5 unspecified atom stereocenters. The summed E-state index contributed by atoms with van der Waals surface area (Å²) in [6.07, 6.45) is -3.83. The Morgan fingerprint density at radius 2 is 1.85 bits per heavy atom. The second-order valence-corrected chi connectivity index (χ2v) is 5.38. The van der Waals surface area contributed by atoms with Gasteiger partial charge in [-0.15, -0.1) is 4.91 Å². The number of benzene rings is 1. The molecule has 1 aliphatic rings. The van der Waals surface area contributed by atoms with Crippen LogP contribution in [-0.4, -0.2) is 53.4 Å². The van der Waals surface area contributed by atoms with Crippen LogP contribution in [0.4, 0.5) is 5.69 Å². The minimum Gasteiger partial charge on any atom is -0.430 e. The number of nitrogens with zero attached hydrogens (tertiary/aromatic N) is 3. The Kier molecular flexibility index (Phi) is 6.72. The number of hydrogen-bond acceptors (Lipinski definition) is 11. The quantitative estimate of drug-likeness (QED) is 0.410. The number of ether oxygens (including phenoxy) is 2. The van der Waals surface area contributed by atoms with Crippen molar-refractivity contribution in [3.8, 4) is 0 Å². The van der Waals surface area contributed by atoms with E-state index in [1.54, 1.807) is 12.1 Å². The maximum absolute atomic E-state index is 11.9. The summed E-state index contributed by atoms with van der Waals surface area (Å²) in [4.78, 5) is 43.3. The molecule has 2 rings (SSSR count). The molecule has 11 heteroatoms. The zero-order valence-corrected chi connectivity index (χ0v) is 13.2. The van der Waals surface area contributed by atoms with E-state index in [0.717, 1.165) is 6.08 Å². The lowest BCUT2D eigenvalue weighted by atomic mass is 9.97. The van der Waals surface area contributed by atoms with E-state index in [0.29, 0.717) is 5.56 Å². The van der Waals surface area contributed by atoms with Crippen LogP contribution < -0.4 is 0 Å². The molecule has 0 spiro atoms. The van der Waals surface area contributed by atoms with Crippen molar-refractivity contribution in [2.24, 2.45) is 15.5 Å². The number of carbonyl (C=O) groups excluding carboxylic acids is 1. The summed E-state index contributed by atoms with van der Waals surface area (Å²) >= 11 is 0. The van der Waals surface area contributed by atoms with Gasteiger partial charge in [0.2, 0.25) is 6.29 Å². The van der Waals surface area contributed by atoms with E-state index in [9.17, 15) is 29.7 Å². The first kappa shape index (κ1) is 19.4. The van der Waals surface area contributed by atoms with Crippen molar-refractivity contribution >= 4 is 17.7 Å². The SMILES string of the molecule is O=NCC1OC(OC(=O)/C=C/c2ccc(N=O)cc2)C(O)C(O)C1N=O. The number of rotatable bonds is 7. The van der Waals surface area contributed by atoms with E-state index in [2.05, 4.69) is 15.5 Å². The molecule has 1 fully saturated rings. The smallest absolute Gasteiger partial charge is 0.333 e. The van der Waals surface area contributed by atoms with Gasteiger partial charge in [0.1, 0.15) is 36.6 Å². The van der Waals surface area contributed by atoms with Gasteiger partial charge in [-0.3, -0.25) is 0 Å². The zero-order chi connectivity index (χ0) is 19.1. The molecule has 26 heavy (non-hydrogen) atoms. The van der Waals surface area contributed by atoms with Crippen LogP contribution >= 0.6 is 0 Å². The van der Waals surface area contributed by atoms with Crippen molar-refractivity contribution in [1.29, 1.82) is 0 Å². The minimum atomic E-state index is -1.73. The lowest BCUT2D eigenvalue weighted by molar-refractivity contribution is -0.260. The number of esters is 1. The molecular formula is C15H15N3O8. The number of nitroso groups, excluding NO2 is 3. The Morgan fingerprint density at radius 3 is 2.42 bits per heavy atom. The predicted molar refractivity (Wildman–Crippen MR) is 87.9 cm³/mol. The molecule has 0 radical (unpaired) electrons. The second kappa shape index (κ2) is 8.99. The third-order valence-corrected chi connectivity index (χ3v) is 3.69. The highest BCUT2D eigenvalue weighted by Crippen LogP contribution is 2.25. The fraction of sp³-hybridized carbons (Fsp3) is 0.400. The maximum atomic E-state index is 11.9. The number of hydrogen-bond donors (Lipinski definition) is 2. The molecule has 2 N–H and O–H groups in total. The monoisotopic (exact) mass is 365 g/mol. The largest absolute Gasteiger partial charge is 0.430 e. The summed E-state index contributed by atoms with van der Waals surface area (Å²) in [5, 5.41) is 27.7. The second-order valence-electron chi connectivity index (χ2n) is 5.38. The van der Waals surface area contributed by atoms with E-state index in [4.69, 9.17) is 9.47 Å². The van der Waals surface area contributed by atoms with Crippen LogP contribution in [0.1, 0.15) is 5.56 Å². The fourth-order valence-corrected chi connectivity index (χ4v) is 2.33. The molecule has 1 heterocycles. The fourth-order valence-electron chi connectivity index (χ4n) is 2.33. The standard InChI is InChI=1S/C15H15N3O8/c19-11(6-3-8-1-4-9(17-23)5-2-8)26-15-14(21)13(20)12(18-24)10(25-15)7-16-22/h1-6,10,12-15,20-21H,7H2/b6-3+. The molecule has 11 nitrogen and oxygen atoms in total. The highest BCUT2D eigenvalue weighted by Gasteiger charge is 2.47. The van der Waals surface area contributed by atoms with Gasteiger partial charge in [0, 0.05) is 6.08 Å². The van der Waals surface area contributed by atoms with Crippen LogP contribution in [0.15, 0.2) is 45.9 Å². The Balaban J connectivity index is 2.01. The van der Waals surface area contributed by atoms with E-state index in [1.807, 2.05) is 0 Å². The van der Waals surface area contributed by atoms with Crippen molar-refractivity contribution < 1.29 is 24.5 Å². The van der Waals surface area contributed by atoms with Crippen molar-refractivity contribution in [2.75, 3.05) is 6.54 Å². The van der Waals surface area contributed by atoms with Gasteiger partial charge in [-0.25, -0.2) is 4.79 Å². The normalized spacial score (nSPS) is 28.5. The van der Waals surface area contributed by atoms with Crippen molar-refractivity contribution in [3.05, 3.63) is 50.6 Å². The average Bonchev–Trinajstić information content (AvgIpc) is 2.65. The van der Waals surface area contributed by atoms with E-state index in [-0.39, 0.29) is 5.69 Å². The Bertz CT molecular complexity index is 693. The van der Waals surface area contributed by atoms with Crippen LogP contribution in [0.5, 0.6) is 0 Å². The molecule has 0 aromatic heterocycles. The van der Waals surface area contributed by atoms with Crippen molar-refractivity contribution in [3.63, 3.8) is 0 Å². The summed E-state index contributed by atoms with van der Waals surface area (Å²) in [6.45, 7) is -0.513. The van der Waals surface area contributed by atoms with Gasteiger partial charge in [-0.05, 0) is 28.9 Å². The third kappa shape index (κ3) is 4.59. The Hall–Kier alpha value is -2.89. The molecule has 0 saturated carbocycles. The number of carbonyl (C=O) groups is 1. The van der Waals surface area contributed by atoms with Gasteiger partial charge in [-0.1, -0.05) is 22.5 Å². The van der Waals surface area contributed by atoms with Gasteiger partial charge in [0.15, 0.2) is 0 Å². The van der Waals surface area contributed by atoms with Crippen molar-refractivity contribution in [2.45, 2.75) is 30.6 Å². The zero-order valence-electron chi connectivity index (χ0n) is 13.2. The first-order chi connectivity index (χ1) is 12.5. The maximum Gasteiger partial charge on any atom is 0.333 e. The predicted octanol–water partition coefficient (Wildman–Crippen LogP) is 0.989. The summed E-state index contributed by atoms with van der Waals surface area (Å²) in [6, 6.07) is 4.57. The van der Waals surface area contributed by atoms with E-state index < -0.39 is 43.2 Å². The van der Waals surface area contributed by atoms with Gasteiger partial charge in [0.25, 0.3) is 0 Å².